The Labute approximate surface area is 179 Å². The molecule has 2 rings (SSSR count). The number of hydrogen-bond donors (Lipinski definition) is 3. The molecule has 166 valence electrons. The number of aryl methyl sites for hydroxylation is 1. The summed E-state index contributed by atoms with van der Waals surface area (Å²) in [6, 6.07) is 8.06. The minimum Gasteiger partial charge on any atom is -0.480 e. The molecule has 1 heterocycles. The molecule has 1 aromatic carbocycles. The van der Waals surface area contributed by atoms with Crippen LogP contribution in [0.4, 0.5) is 0 Å². The summed E-state index contributed by atoms with van der Waals surface area (Å²) < 4.78 is 0. The Morgan fingerprint density at radius 3 is 2.37 bits per heavy atom. The van der Waals surface area contributed by atoms with Gasteiger partial charge < -0.3 is 20.4 Å². The molecule has 1 unspecified atom stereocenters. The van der Waals surface area contributed by atoms with E-state index in [2.05, 4.69) is 19.2 Å². The van der Waals surface area contributed by atoms with Crippen molar-refractivity contribution in [2.45, 2.75) is 66.0 Å². The van der Waals surface area contributed by atoms with Gasteiger partial charge in [0.05, 0.1) is 5.70 Å². The number of aliphatic imine (C=N–C) groups is 1. The van der Waals surface area contributed by atoms with Crippen LogP contribution in [0.3, 0.4) is 0 Å². The third-order valence-electron chi connectivity index (χ3n) is 4.62. The van der Waals surface area contributed by atoms with Gasteiger partial charge in [-0.1, -0.05) is 64.8 Å². The monoisotopic (exact) mass is 417 g/mol. The number of carbonyl (C=O) groups is 2. The molecule has 0 radical (unpaired) electrons. The fourth-order valence-corrected chi connectivity index (χ4v) is 3.00. The molecular weight excluding hydrogens is 382 g/mol. The molecule has 7 nitrogen and oxygen atoms in total. The predicted octanol–water partition coefficient (Wildman–Crippen LogP) is 3.43. The number of benzene rings is 1. The lowest BCUT2D eigenvalue weighted by molar-refractivity contribution is -0.138. The van der Waals surface area contributed by atoms with Crippen molar-refractivity contribution in [3.63, 3.8) is 0 Å². The number of nitrogens with one attached hydrogen (secondary N) is 1. The fourth-order valence-electron chi connectivity index (χ4n) is 3.00. The van der Waals surface area contributed by atoms with Crippen molar-refractivity contribution in [3.8, 4) is 0 Å². The zero-order valence-corrected chi connectivity index (χ0v) is 18.5. The molecule has 1 aliphatic rings. The summed E-state index contributed by atoms with van der Waals surface area (Å²) in [6.45, 7) is 7.61. The van der Waals surface area contributed by atoms with E-state index in [1.165, 1.54) is 10.5 Å². The van der Waals surface area contributed by atoms with Gasteiger partial charge in [-0.25, -0.2) is 4.99 Å². The molecule has 1 aromatic rings. The van der Waals surface area contributed by atoms with Crippen LogP contribution in [-0.4, -0.2) is 52.1 Å². The topological polar surface area (TPSA) is 102 Å². The smallest absolute Gasteiger partial charge is 0.322 e. The molecule has 0 aliphatic carbocycles. The number of hydrogen-bond acceptors (Lipinski definition) is 5. The summed E-state index contributed by atoms with van der Waals surface area (Å²) >= 11 is 0. The number of carboxylic acids is 1. The van der Waals surface area contributed by atoms with Gasteiger partial charge in [0.15, 0.2) is 0 Å². The van der Waals surface area contributed by atoms with Crippen molar-refractivity contribution < 1.29 is 19.8 Å². The normalized spacial score (nSPS) is 15.5. The van der Waals surface area contributed by atoms with Crippen LogP contribution in [0.1, 0.15) is 64.5 Å². The summed E-state index contributed by atoms with van der Waals surface area (Å²) in [4.78, 5) is 28.9. The SMILES string of the molecule is CC.CCCCCC1=NC(c2ccc(CC)cc2)=CC(O)N1CC(=O)NCC(=O)O. The van der Waals surface area contributed by atoms with Gasteiger partial charge in [-0.05, 0) is 24.5 Å². The van der Waals surface area contributed by atoms with Crippen molar-refractivity contribution >= 4 is 23.4 Å². The van der Waals surface area contributed by atoms with Gasteiger partial charge in [-0.2, -0.15) is 0 Å². The highest BCUT2D eigenvalue weighted by atomic mass is 16.4. The average molecular weight is 418 g/mol. The van der Waals surface area contributed by atoms with Crippen LogP contribution in [0.15, 0.2) is 35.3 Å². The van der Waals surface area contributed by atoms with Crippen molar-refractivity contribution in [1.29, 1.82) is 0 Å². The summed E-state index contributed by atoms with van der Waals surface area (Å²) in [7, 11) is 0. The fraction of sp³-hybridized carbons (Fsp3) is 0.522. The van der Waals surface area contributed by atoms with Crippen LogP contribution in [0.25, 0.3) is 5.70 Å². The van der Waals surface area contributed by atoms with E-state index < -0.39 is 24.6 Å². The van der Waals surface area contributed by atoms with Crippen molar-refractivity contribution in [1.82, 2.24) is 10.2 Å². The molecule has 0 saturated carbocycles. The molecule has 0 aromatic heterocycles. The van der Waals surface area contributed by atoms with Crippen LogP contribution in [-0.2, 0) is 16.0 Å². The van der Waals surface area contributed by atoms with E-state index in [1.54, 1.807) is 6.08 Å². The highest BCUT2D eigenvalue weighted by Crippen LogP contribution is 2.25. The molecule has 30 heavy (non-hydrogen) atoms. The molecule has 3 N–H and O–H groups in total. The third kappa shape index (κ3) is 7.99. The predicted molar refractivity (Wildman–Crippen MR) is 120 cm³/mol. The summed E-state index contributed by atoms with van der Waals surface area (Å²) in [5, 5.41) is 21.7. The van der Waals surface area contributed by atoms with Crippen LogP contribution in [0.5, 0.6) is 0 Å². The summed E-state index contributed by atoms with van der Waals surface area (Å²) in [6.07, 6.45) is 5.19. The van der Waals surface area contributed by atoms with Gasteiger partial charge >= 0.3 is 5.97 Å². The Balaban J connectivity index is 0.00000218. The first-order valence-corrected chi connectivity index (χ1v) is 10.8. The minimum absolute atomic E-state index is 0.141. The average Bonchev–Trinajstić information content (AvgIpc) is 2.76. The molecule has 7 heteroatoms. The molecule has 0 saturated heterocycles. The van der Waals surface area contributed by atoms with Crippen LogP contribution < -0.4 is 5.32 Å². The highest BCUT2D eigenvalue weighted by molar-refractivity contribution is 5.94. The van der Waals surface area contributed by atoms with E-state index in [9.17, 15) is 14.7 Å². The van der Waals surface area contributed by atoms with E-state index in [4.69, 9.17) is 10.1 Å². The number of aliphatic hydroxyl groups excluding tert-OH is 1. The molecule has 1 amide bonds. The maximum absolute atomic E-state index is 12.1. The van der Waals surface area contributed by atoms with Crippen LogP contribution in [0.2, 0.25) is 0 Å². The second kappa shape index (κ2) is 13.5. The number of aliphatic carboxylic acids is 1. The lowest BCUT2D eigenvalue weighted by Gasteiger charge is -2.32. The highest BCUT2D eigenvalue weighted by Gasteiger charge is 2.26. The quantitative estimate of drug-likeness (QED) is 0.506. The summed E-state index contributed by atoms with van der Waals surface area (Å²) in [5.74, 6) is -0.931. The van der Waals surface area contributed by atoms with Gasteiger partial charge in [0, 0.05) is 12.0 Å². The van der Waals surface area contributed by atoms with E-state index in [-0.39, 0.29) is 6.54 Å². The van der Waals surface area contributed by atoms with Gasteiger partial charge in [-0.15, -0.1) is 0 Å². The Morgan fingerprint density at radius 1 is 1.13 bits per heavy atom. The molecule has 1 atom stereocenters. The Bertz CT molecular complexity index is 741. The first-order chi connectivity index (χ1) is 14.4. The van der Waals surface area contributed by atoms with Gasteiger partial charge in [0.25, 0.3) is 0 Å². The van der Waals surface area contributed by atoms with Gasteiger partial charge in [-0.3, -0.25) is 9.59 Å². The molecule has 0 bridgehead atoms. The van der Waals surface area contributed by atoms with Crippen molar-refractivity contribution in [2.24, 2.45) is 4.99 Å². The number of unbranched alkanes of at least 4 members (excludes halogenated alkanes) is 2. The number of aliphatic hydroxyl groups is 1. The first kappa shape index (κ1) is 25.4. The van der Waals surface area contributed by atoms with E-state index >= 15 is 0 Å². The second-order valence-electron chi connectivity index (χ2n) is 6.80. The molecule has 0 fully saturated rings. The number of rotatable bonds is 10. The lowest BCUT2D eigenvalue weighted by atomic mass is 10.1. The largest absolute Gasteiger partial charge is 0.480 e. The van der Waals surface area contributed by atoms with Crippen molar-refractivity contribution in [2.75, 3.05) is 13.1 Å². The Morgan fingerprint density at radius 2 is 1.80 bits per heavy atom. The molecule has 1 aliphatic heterocycles. The molecule has 0 spiro atoms. The zero-order chi connectivity index (χ0) is 22.5. The van der Waals surface area contributed by atoms with Crippen LogP contribution >= 0.6 is 0 Å². The van der Waals surface area contributed by atoms with E-state index in [0.717, 1.165) is 31.2 Å². The standard InChI is InChI=1S/C21H29N3O4.C2H6/c1-3-5-6-7-18-23-17(16-10-8-15(4-2)9-11-16)12-20(26)24(18)14-19(25)22-13-21(27)28;1-2/h8-12,20,26H,3-7,13-14H2,1-2H3,(H,22,25)(H,27,28);1-2H3. The minimum atomic E-state index is -1.11. The second-order valence-corrected chi connectivity index (χ2v) is 6.80. The third-order valence-corrected chi connectivity index (χ3v) is 4.62. The number of amides is 1. The van der Waals surface area contributed by atoms with E-state index in [0.29, 0.717) is 18.0 Å². The summed E-state index contributed by atoms with van der Waals surface area (Å²) in [5.41, 5.74) is 2.83. The van der Waals surface area contributed by atoms with Crippen LogP contribution in [0, 0.1) is 0 Å². The number of carboxylic acid groups (broad SMARTS) is 1. The number of amidine groups is 1. The van der Waals surface area contributed by atoms with Crippen molar-refractivity contribution in [3.05, 3.63) is 41.5 Å². The van der Waals surface area contributed by atoms with E-state index in [1.807, 2.05) is 38.1 Å². The zero-order valence-electron chi connectivity index (χ0n) is 18.5. The first-order valence-electron chi connectivity index (χ1n) is 10.8. The molecular formula is C23H35N3O4. The Kier molecular flexibility index (Phi) is 11.4. The maximum Gasteiger partial charge on any atom is 0.322 e. The van der Waals surface area contributed by atoms with Gasteiger partial charge in [0.2, 0.25) is 5.91 Å². The van der Waals surface area contributed by atoms with Gasteiger partial charge in [0.1, 0.15) is 25.2 Å². The number of carbonyl (C=O) groups excluding carboxylic acids is 1. The Hall–Kier alpha value is -2.67. The maximum atomic E-state index is 12.1. The lowest BCUT2D eigenvalue weighted by Crippen LogP contribution is -2.47. The number of nitrogens with zero attached hydrogens (tertiary/aromatic N) is 2.